The van der Waals surface area contributed by atoms with E-state index in [9.17, 15) is 14.4 Å². The molecule has 0 radical (unpaired) electrons. The Morgan fingerprint density at radius 3 is 2.17 bits per heavy atom. The summed E-state index contributed by atoms with van der Waals surface area (Å²) in [5.74, 6) is -0.172. The number of nitrogens with one attached hydrogen (secondary N) is 1. The van der Waals surface area contributed by atoms with E-state index in [4.69, 9.17) is 5.73 Å². The van der Waals surface area contributed by atoms with Crippen LogP contribution in [0, 0.1) is 5.92 Å². The number of likely N-dealkylation sites (tertiary alicyclic amines) is 1. The van der Waals surface area contributed by atoms with E-state index in [1.807, 2.05) is 18.7 Å². The molecular weight excluding hydrogens is 417 g/mol. The highest BCUT2D eigenvalue weighted by atomic mass is 35.5. The lowest BCUT2D eigenvalue weighted by molar-refractivity contribution is -0.138. The van der Waals surface area contributed by atoms with E-state index in [1.165, 1.54) is 6.42 Å². The van der Waals surface area contributed by atoms with Crippen LogP contribution in [0.25, 0.3) is 0 Å². The number of piperidine rings is 1. The molecule has 0 aromatic rings. The monoisotopic (exact) mass is 453 g/mol. The lowest BCUT2D eigenvalue weighted by atomic mass is 10.0. The quantitative estimate of drug-likeness (QED) is 0.608. The minimum atomic E-state index is -0.599. The van der Waals surface area contributed by atoms with Crippen LogP contribution in [-0.2, 0) is 14.4 Å². The van der Waals surface area contributed by atoms with Gasteiger partial charge in [-0.05, 0) is 32.1 Å². The van der Waals surface area contributed by atoms with Crippen LogP contribution >= 0.6 is 24.8 Å². The van der Waals surface area contributed by atoms with Gasteiger partial charge in [-0.2, -0.15) is 0 Å². The first kappa shape index (κ1) is 27.9. The summed E-state index contributed by atoms with van der Waals surface area (Å²) >= 11 is 0. The zero-order valence-corrected chi connectivity index (χ0v) is 19.4. The van der Waals surface area contributed by atoms with Crippen molar-refractivity contribution in [3.8, 4) is 0 Å². The number of amides is 3. The van der Waals surface area contributed by atoms with Crippen molar-refractivity contribution in [1.29, 1.82) is 0 Å². The second kappa shape index (κ2) is 13.3. The summed E-state index contributed by atoms with van der Waals surface area (Å²) in [7, 11) is 0. The molecule has 2 fully saturated rings. The van der Waals surface area contributed by atoms with Crippen LogP contribution < -0.4 is 11.1 Å². The van der Waals surface area contributed by atoms with Crippen molar-refractivity contribution in [1.82, 2.24) is 20.0 Å². The second-order valence-corrected chi connectivity index (χ2v) is 8.08. The normalized spacial score (nSPS) is 21.1. The fourth-order valence-corrected chi connectivity index (χ4v) is 3.60. The number of hydrogen-bond acceptors (Lipinski definition) is 5. The van der Waals surface area contributed by atoms with Crippen LogP contribution in [0.15, 0.2) is 0 Å². The molecule has 0 saturated carbocycles. The highest BCUT2D eigenvalue weighted by Crippen LogP contribution is 2.17. The van der Waals surface area contributed by atoms with Gasteiger partial charge in [-0.1, -0.05) is 13.8 Å². The van der Waals surface area contributed by atoms with Crippen molar-refractivity contribution in [3.05, 3.63) is 0 Å². The van der Waals surface area contributed by atoms with E-state index < -0.39 is 6.04 Å². The van der Waals surface area contributed by atoms with Crippen LogP contribution in [0.4, 0.5) is 0 Å². The Morgan fingerprint density at radius 2 is 1.62 bits per heavy atom. The average molecular weight is 454 g/mol. The lowest BCUT2D eigenvalue weighted by Gasteiger charge is -2.38. The Balaban J connectivity index is 0.00000392. The predicted octanol–water partition coefficient (Wildman–Crippen LogP) is 0.475. The van der Waals surface area contributed by atoms with Gasteiger partial charge in [0.25, 0.3) is 0 Å². The first-order valence-corrected chi connectivity index (χ1v) is 10.1. The van der Waals surface area contributed by atoms with Crippen LogP contribution in [0.5, 0.6) is 0 Å². The SMILES string of the molecule is CC(C)[C@H](N)C(=O)NCC(=O)N1CCN(CC(=O)N2CCCCC2C)CC1.Cl.Cl. The molecule has 0 aromatic carbocycles. The molecule has 0 aromatic heterocycles. The molecule has 2 saturated heterocycles. The summed E-state index contributed by atoms with van der Waals surface area (Å²) in [5, 5.41) is 2.62. The van der Waals surface area contributed by atoms with Crippen molar-refractivity contribution in [2.45, 2.75) is 52.1 Å². The van der Waals surface area contributed by atoms with Gasteiger partial charge in [-0.25, -0.2) is 0 Å². The van der Waals surface area contributed by atoms with Gasteiger partial charge in [0.15, 0.2) is 0 Å². The molecule has 170 valence electrons. The number of nitrogens with two attached hydrogens (primary N) is 1. The fraction of sp³-hybridized carbons (Fsp3) is 0.842. The third kappa shape index (κ3) is 8.28. The van der Waals surface area contributed by atoms with E-state index >= 15 is 0 Å². The second-order valence-electron chi connectivity index (χ2n) is 8.08. The van der Waals surface area contributed by atoms with Gasteiger partial charge in [-0.3, -0.25) is 19.3 Å². The van der Waals surface area contributed by atoms with E-state index in [0.717, 1.165) is 19.4 Å². The minimum Gasteiger partial charge on any atom is -0.346 e. The van der Waals surface area contributed by atoms with Crippen LogP contribution in [0.2, 0.25) is 0 Å². The number of hydrogen-bond donors (Lipinski definition) is 2. The highest BCUT2D eigenvalue weighted by molar-refractivity contribution is 5.87. The first-order chi connectivity index (χ1) is 12.8. The van der Waals surface area contributed by atoms with E-state index in [1.54, 1.807) is 4.90 Å². The summed E-state index contributed by atoms with van der Waals surface area (Å²) in [6.45, 7) is 9.63. The molecule has 2 aliphatic heterocycles. The van der Waals surface area contributed by atoms with Gasteiger partial charge < -0.3 is 20.9 Å². The molecule has 2 rings (SSSR count). The van der Waals surface area contributed by atoms with Gasteiger partial charge >= 0.3 is 0 Å². The number of carbonyl (C=O) groups excluding carboxylic acids is 3. The van der Waals surface area contributed by atoms with E-state index in [-0.39, 0.29) is 55.0 Å². The molecule has 2 atom stereocenters. The third-order valence-corrected chi connectivity index (χ3v) is 5.64. The summed E-state index contributed by atoms with van der Waals surface area (Å²) in [4.78, 5) is 42.5. The Kier molecular flexibility index (Phi) is 12.8. The summed E-state index contributed by atoms with van der Waals surface area (Å²) in [5.41, 5.74) is 5.78. The van der Waals surface area contributed by atoms with Gasteiger partial charge in [0.05, 0.1) is 19.1 Å². The van der Waals surface area contributed by atoms with Crippen LogP contribution in [0.3, 0.4) is 0 Å². The maximum Gasteiger partial charge on any atom is 0.242 e. The van der Waals surface area contributed by atoms with E-state index in [0.29, 0.717) is 38.8 Å². The zero-order valence-electron chi connectivity index (χ0n) is 17.8. The highest BCUT2D eigenvalue weighted by Gasteiger charge is 2.27. The topological polar surface area (TPSA) is 99.0 Å². The number of halogens is 2. The van der Waals surface area contributed by atoms with Crippen molar-refractivity contribution in [3.63, 3.8) is 0 Å². The van der Waals surface area contributed by atoms with E-state index in [2.05, 4.69) is 17.1 Å². The lowest BCUT2D eigenvalue weighted by Crippen LogP contribution is -2.55. The molecule has 3 amide bonds. The molecular formula is C19H37Cl2N5O3. The molecule has 1 unspecified atom stereocenters. The number of piperazine rings is 1. The molecule has 10 heteroatoms. The smallest absolute Gasteiger partial charge is 0.242 e. The van der Waals surface area contributed by atoms with Crippen molar-refractivity contribution in [2.24, 2.45) is 11.7 Å². The summed E-state index contributed by atoms with van der Waals surface area (Å²) < 4.78 is 0. The van der Waals surface area contributed by atoms with Crippen LogP contribution in [0.1, 0.15) is 40.0 Å². The minimum absolute atomic E-state index is 0. The largest absolute Gasteiger partial charge is 0.346 e. The van der Waals surface area contributed by atoms with Gasteiger partial charge in [0.2, 0.25) is 17.7 Å². The average Bonchev–Trinajstić information content (AvgIpc) is 2.65. The first-order valence-electron chi connectivity index (χ1n) is 10.1. The molecule has 2 aliphatic rings. The maximum atomic E-state index is 12.5. The van der Waals surface area contributed by atoms with Crippen molar-refractivity contribution < 1.29 is 14.4 Å². The Labute approximate surface area is 186 Å². The van der Waals surface area contributed by atoms with Gasteiger partial charge in [0, 0.05) is 38.8 Å². The standard InChI is InChI=1S/C19H35N5O3.2ClH/c1-14(2)18(20)19(27)21-12-16(25)23-10-8-22(9-11-23)13-17(26)24-7-5-4-6-15(24)3;;/h14-15,18H,4-13,20H2,1-3H3,(H,21,27);2*1H/t15?,18-;;/m0../s1. The summed E-state index contributed by atoms with van der Waals surface area (Å²) in [6, 6.07) is -0.271. The van der Waals surface area contributed by atoms with Gasteiger partial charge in [-0.15, -0.1) is 24.8 Å². The van der Waals surface area contributed by atoms with Gasteiger partial charge in [0.1, 0.15) is 0 Å². The molecule has 3 N–H and O–H groups in total. The number of carbonyl (C=O) groups is 3. The maximum absolute atomic E-state index is 12.5. The molecule has 29 heavy (non-hydrogen) atoms. The fourth-order valence-electron chi connectivity index (χ4n) is 3.60. The molecule has 0 bridgehead atoms. The van der Waals surface area contributed by atoms with Crippen molar-refractivity contribution >= 4 is 42.5 Å². The van der Waals surface area contributed by atoms with Crippen LogP contribution in [-0.4, -0.2) is 90.3 Å². The molecule has 0 aliphatic carbocycles. The zero-order chi connectivity index (χ0) is 20.0. The molecule has 8 nitrogen and oxygen atoms in total. The van der Waals surface area contributed by atoms with Crippen molar-refractivity contribution in [2.75, 3.05) is 45.8 Å². The Hall–Kier alpha value is -1.09. The molecule has 2 heterocycles. The number of nitrogens with zero attached hydrogens (tertiary/aromatic N) is 3. The summed E-state index contributed by atoms with van der Waals surface area (Å²) in [6.07, 6.45) is 3.37. The Bertz CT molecular complexity index is 542. The predicted molar refractivity (Wildman–Crippen MR) is 118 cm³/mol. The number of rotatable bonds is 6. The Morgan fingerprint density at radius 1 is 1.00 bits per heavy atom. The molecule has 0 spiro atoms. The third-order valence-electron chi connectivity index (χ3n) is 5.64.